The normalized spacial score (nSPS) is 11.6. The molecule has 0 spiro atoms. The number of aryl methyl sites for hydroxylation is 1. The van der Waals surface area contributed by atoms with Crippen LogP contribution in [0.25, 0.3) is 11.3 Å². The van der Waals surface area contributed by atoms with E-state index in [-0.39, 0.29) is 17.4 Å². The van der Waals surface area contributed by atoms with Gasteiger partial charge in [0.15, 0.2) is 0 Å². The number of para-hydroxylation sites is 1. The van der Waals surface area contributed by atoms with Crippen molar-refractivity contribution in [3.63, 3.8) is 0 Å². The van der Waals surface area contributed by atoms with Crippen molar-refractivity contribution in [2.45, 2.75) is 26.8 Å². The molecule has 1 heterocycles. The number of anilines is 2. The number of carbonyl (C=O) groups excluding carboxylic acids is 2. The smallest absolute Gasteiger partial charge is 0.267 e. The van der Waals surface area contributed by atoms with E-state index < -0.39 is 6.04 Å². The molecule has 2 aromatic carbocycles. The minimum Gasteiger partial charge on any atom is -0.326 e. The predicted molar refractivity (Wildman–Crippen MR) is 113 cm³/mol. The lowest BCUT2D eigenvalue weighted by molar-refractivity contribution is -0.119. The molecule has 3 rings (SSSR count). The second kappa shape index (κ2) is 8.52. The van der Waals surface area contributed by atoms with Crippen LogP contribution < -0.4 is 16.2 Å². The number of rotatable bonds is 5. The summed E-state index contributed by atoms with van der Waals surface area (Å²) in [6, 6.07) is 16.7. The van der Waals surface area contributed by atoms with Gasteiger partial charge in [-0.2, -0.15) is 5.10 Å². The predicted octanol–water partition coefficient (Wildman–Crippen LogP) is 3.38. The molecule has 0 saturated carbocycles. The SMILES string of the molecule is CC(=O)Nc1cc(-c2ccc(=O)n(C(C)C(=O)Nc3ccccc3)n2)ccc1C. The summed E-state index contributed by atoms with van der Waals surface area (Å²) in [7, 11) is 0. The number of hydrogen-bond donors (Lipinski definition) is 2. The number of amides is 2. The fraction of sp³-hybridized carbons (Fsp3) is 0.182. The van der Waals surface area contributed by atoms with Gasteiger partial charge in [-0.05, 0) is 43.7 Å². The maximum Gasteiger partial charge on any atom is 0.267 e. The number of carbonyl (C=O) groups is 2. The van der Waals surface area contributed by atoms with Crippen LogP contribution in [-0.4, -0.2) is 21.6 Å². The monoisotopic (exact) mass is 390 g/mol. The van der Waals surface area contributed by atoms with Gasteiger partial charge in [-0.1, -0.05) is 30.3 Å². The summed E-state index contributed by atoms with van der Waals surface area (Å²) in [5.41, 5.74) is 3.10. The van der Waals surface area contributed by atoms with Crippen LogP contribution in [0.1, 0.15) is 25.5 Å². The van der Waals surface area contributed by atoms with Crippen molar-refractivity contribution in [2.24, 2.45) is 0 Å². The van der Waals surface area contributed by atoms with Crippen LogP contribution >= 0.6 is 0 Å². The summed E-state index contributed by atoms with van der Waals surface area (Å²) in [6.07, 6.45) is 0. The zero-order chi connectivity index (χ0) is 21.0. The lowest BCUT2D eigenvalue weighted by Crippen LogP contribution is -2.33. The van der Waals surface area contributed by atoms with Crippen LogP contribution in [0.2, 0.25) is 0 Å². The zero-order valence-corrected chi connectivity index (χ0v) is 16.5. The van der Waals surface area contributed by atoms with Gasteiger partial charge >= 0.3 is 0 Å². The van der Waals surface area contributed by atoms with Gasteiger partial charge in [-0.15, -0.1) is 0 Å². The Morgan fingerprint density at radius 2 is 1.72 bits per heavy atom. The summed E-state index contributed by atoms with van der Waals surface area (Å²) in [6.45, 7) is 4.95. The first kappa shape index (κ1) is 20.0. The Bertz CT molecular complexity index is 1110. The number of benzene rings is 2. The van der Waals surface area contributed by atoms with Crippen molar-refractivity contribution in [2.75, 3.05) is 10.6 Å². The summed E-state index contributed by atoms with van der Waals surface area (Å²) >= 11 is 0. The van der Waals surface area contributed by atoms with Crippen LogP contribution in [0.3, 0.4) is 0 Å². The molecular weight excluding hydrogens is 368 g/mol. The van der Waals surface area contributed by atoms with Crippen LogP contribution in [0, 0.1) is 6.92 Å². The standard InChI is InChI=1S/C22H22N4O3/c1-14-9-10-17(13-20(14)23-16(3)27)19-11-12-21(28)26(25-19)15(2)22(29)24-18-7-5-4-6-8-18/h4-13,15H,1-3H3,(H,23,27)(H,24,29). The molecule has 29 heavy (non-hydrogen) atoms. The van der Waals surface area contributed by atoms with Gasteiger partial charge in [0.1, 0.15) is 6.04 Å². The summed E-state index contributed by atoms with van der Waals surface area (Å²) in [5.74, 6) is -0.514. The molecule has 1 atom stereocenters. The van der Waals surface area contributed by atoms with E-state index in [1.54, 1.807) is 31.2 Å². The van der Waals surface area contributed by atoms with E-state index in [4.69, 9.17) is 0 Å². The van der Waals surface area contributed by atoms with E-state index >= 15 is 0 Å². The first-order valence-electron chi connectivity index (χ1n) is 9.19. The Hall–Kier alpha value is -3.74. The molecule has 0 radical (unpaired) electrons. The molecule has 148 valence electrons. The molecule has 3 aromatic rings. The molecule has 0 aliphatic heterocycles. The Kier molecular flexibility index (Phi) is 5.87. The highest BCUT2D eigenvalue weighted by Gasteiger charge is 2.18. The number of aromatic nitrogens is 2. The van der Waals surface area contributed by atoms with Gasteiger partial charge < -0.3 is 10.6 Å². The molecule has 7 nitrogen and oxygen atoms in total. The number of nitrogens with zero attached hydrogens (tertiary/aromatic N) is 2. The maximum absolute atomic E-state index is 12.6. The van der Waals surface area contributed by atoms with Gasteiger partial charge in [0.25, 0.3) is 5.56 Å². The van der Waals surface area contributed by atoms with E-state index in [2.05, 4.69) is 15.7 Å². The molecule has 0 saturated heterocycles. The van der Waals surface area contributed by atoms with Gasteiger partial charge in [0, 0.05) is 29.9 Å². The second-order valence-corrected chi connectivity index (χ2v) is 6.74. The average Bonchev–Trinajstić information content (AvgIpc) is 2.70. The van der Waals surface area contributed by atoms with Crippen molar-refractivity contribution in [1.82, 2.24) is 9.78 Å². The molecule has 0 aliphatic carbocycles. The van der Waals surface area contributed by atoms with E-state index in [1.165, 1.54) is 13.0 Å². The first-order chi connectivity index (χ1) is 13.8. The Balaban J connectivity index is 1.91. The molecule has 0 fully saturated rings. The molecule has 1 unspecified atom stereocenters. The molecular formula is C22H22N4O3. The van der Waals surface area contributed by atoms with Crippen LogP contribution in [0.4, 0.5) is 11.4 Å². The third kappa shape index (κ3) is 4.76. The molecule has 1 aromatic heterocycles. The zero-order valence-electron chi connectivity index (χ0n) is 16.5. The van der Waals surface area contributed by atoms with Gasteiger partial charge in [0.05, 0.1) is 5.69 Å². The van der Waals surface area contributed by atoms with Crippen LogP contribution in [-0.2, 0) is 9.59 Å². The average molecular weight is 390 g/mol. The largest absolute Gasteiger partial charge is 0.326 e. The van der Waals surface area contributed by atoms with Crippen molar-refractivity contribution in [1.29, 1.82) is 0 Å². The van der Waals surface area contributed by atoms with Crippen molar-refractivity contribution in [3.05, 3.63) is 76.6 Å². The lowest BCUT2D eigenvalue weighted by Gasteiger charge is -2.15. The Labute approximate surface area is 168 Å². The second-order valence-electron chi connectivity index (χ2n) is 6.74. The van der Waals surface area contributed by atoms with Gasteiger partial charge in [-0.3, -0.25) is 14.4 Å². The fourth-order valence-electron chi connectivity index (χ4n) is 2.84. The Morgan fingerprint density at radius 1 is 1.00 bits per heavy atom. The van der Waals surface area contributed by atoms with Crippen molar-refractivity contribution >= 4 is 23.2 Å². The minimum absolute atomic E-state index is 0.172. The molecule has 0 aliphatic rings. The number of hydrogen-bond acceptors (Lipinski definition) is 4. The highest BCUT2D eigenvalue weighted by atomic mass is 16.2. The minimum atomic E-state index is -0.803. The van der Waals surface area contributed by atoms with E-state index in [9.17, 15) is 14.4 Å². The van der Waals surface area contributed by atoms with Crippen LogP contribution in [0.5, 0.6) is 0 Å². The first-order valence-corrected chi connectivity index (χ1v) is 9.19. The third-order valence-electron chi connectivity index (χ3n) is 4.46. The number of nitrogens with one attached hydrogen (secondary N) is 2. The lowest BCUT2D eigenvalue weighted by atomic mass is 10.1. The quantitative estimate of drug-likeness (QED) is 0.698. The van der Waals surface area contributed by atoms with Crippen molar-refractivity contribution < 1.29 is 9.59 Å². The molecule has 7 heteroatoms. The van der Waals surface area contributed by atoms with Gasteiger partial charge in [-0.25, -0.2) is 4.68 Å². The summed E-state index contributed by atoms with van der Waals surface area (Å²) in [4.78, 5) is 36.3. The molecule has 2 amide bonds. The molecule has 2 N–H and O–H groups in total. The van der Waals surface area contributed by atoms with Crippen LogP contribution in [0.15, 0.2) is 65.5 Å². The third-order valence-corrected chi connectivity index (χ3v) is 4.46. The fourth-order valence-corrected chi connectivity index (χ4v) is 2.84. The molecule has 0 bridgehead atoms. The summed E-state index contributed by atoms with van der Waals surface area (Å²) in [5, 5.41) is 9.94. The van der Waals surface area contributed by atoms with E-state index in [0.29, 0.717) is 17.1 Å². The Morgan fingerprint density at radius 3 is 2.41 bits per heavy atom. The highest BCUT2D eigenvalue weighted by molar-refractivity contribution is 5.93. The van der Waals surface area contributed by atoms with E-state index in [1.807, 2.05) is 37.3 Å². The highest BCUT2D eigenvalue weighted by Crippen LogP contribution is 2.24. The maximum atomic E-state index is 12.6. The summed E-state index contributed by atoms with van der Waals surface area (Å²) < 4.78 is 1.16. The van der Waals surface area contributed by atoms with Gasteiger partial charge in [0.2, 0.25) is 11.8 Å². The van der Waals surface area contributed by atoms with Crippen molar-refractivity contribution in [3.8, 4) is 11.3 Å². The van der Waals surface area contributed by atoms with E-state index in [0.717, 1.165) is 15.8 Å². The topological polar surface area (TPSA) is 93.1 Å².